The third-order valence-electron chi connectivity index (χ3n) is 2.23. The fraction of sp³-hybridized carbons (Fsp3) is 0.273. The molecule has 0 saturated heterocycles. The van der Waals surface area contributed by atoms with Gasteiger partial charge < -0.3 is 9.67 Å². The molecule has 0 atom stereocenters. The van der Waals surface area contributed by atoms with Crippen LogP contribution in [0.2, 0.25) is 0 Å². The molecule has 2 aromatic heterocycles. The minimum absolute atomic E-state index is 0.000107. The topological polar surface area (TPSA) is 50.9 Å². The molecule has 0 aliphatic rings. The Kier molecular flexibility index (Phi) is 3.09. The molecule has 0 aromatic carbocycles. The van der Waals surface area contributed by atoms with Crippen molar-refractivity contribution in [2.45, 2.75) is 19.6 Å². The summed E-state index contributed by atoms with van der Waals surface area (Å²) in [5.41, 5.74) is 1.91. The second kappa shape index (κ2) is 4.70. The highest BCUT2D eigenvalue weighted by molar-refractivity contribution is 5.08. The van der Waals surface area contributed by atoms with Gasteiger partial charge in [0.2, 0.25) is 0 Å². The van der Waals surface area contributed by atoms with Gasteiger partial charge in [-0.25, -0.2) is 4.98 Å². The first-order valence-corrected chi connectivity index (χ1v) is 4.89. The molecule has 0 radical (unpaired) electrons. The Hall–Kier alpha value is -1.68. The molecule has 0 fully saturated rings. The standard InChI is InChI=1S/C11H13N3O/c15-8-11-7-14(9-13-11)5-3-10-2-1-4-12-6-10/h1-2,4,6-7,9,15H,3,5,8H2. The van der Waals surface area contributed by atoms with E-state index in [2.05, 4.69) is 16.0 Å². The van der Waals surface area contributed by atoms with Crippen molar-refractivity contribution in [3.63, 3.8) is 0 Å². The van der Waals surface area contributed by atoms with Gasteiger partial charge in [0.15, 0.2) is 0 Å². The highest BCUT2D eigenvalue weighted by Crippen LogP contribution is 2.01. The minimum atomic E-state index is -0.000107. The number of aliphatic hydroxyl groups is 1. The number of aromatic nitrogens is 3. The molecule has 0 aliphatic carbocycles. The predicted octanol–water partition coefficient (Wildman–Crippen LogP) is 1.01. The van der Waals surface area contributed by atoms with Crippen LogP contribution in [0.4, 0.5) is 0 Å². The van der Waals surface area contributed by atoms with E-state index in [0.717, 1.165) is 13.0 Å². The van der Waals surface area contributed by atoms with Gasteiger partial charge in [0, 0.05) is 25.1 Å². The first-order valence-electron chi connectivity index (χ1n) is 4.89. The zero-order chi connectivity index (χ0) is 10.5. The van der Waals surface area contributed by atoms with Gasteiger partial charge in [-0.15, -0.1) is 0 Å². The maximum absolute atomic E-state index is 8.85. The van der Waals surface area contributed by atoms with Gasteiger partial charge in [0.1, 0.15) is 0 Å². The van der Waals surface area contributed by atoms with Crippen LogP contribution < -0.4 is 0 Å². The second-order valence-electron chi connectivity index (χ2n) is 3.37. The van der Waals surface area contributed by atoms with E-state index in [1.54, 1.807) is 12.5 Å². The van der Waals surface area contributed by atoms with Crippen LogP contribution >= 0.6 is 0 Å². The molecular formula is C11H13N3O. The molecule has 0 aliphatic heterocycles. The molecule has 0 spiro atoms. The number of pyridine rings is 1. The number of imidazole rings is 1. The van der Waals surface area contributed by atoms with Crippen LogP contribution in [0.15, 0.2) is 37.1 Å². The van der Waals surface area contributed by atoms with E-state index in [1.807, 2.05) is 23.0 Å². The first kappa shape index (κ1) is 9.86. The molecule has 4 heteroatoms. The summed E-state index contributed by atoms with van der Waals surface area (Å²) >= 11 is 0. The molecule has 0 unspecified atom stereocenters. The van der Waals surface area contributed by atoms with Crippen molar-refractivity contribution in [1.82, 2.24) is 14.5 Å². The Balaban J connectivity index is 1.93. The van der Waals surface area contributed by atoms with Crippen molar-refractivity contribution in [1.29, 1.82) is 0 Å². The van der Waals surface area contributed by atoms with Crippen molar-refractivity contribution in [2.24, 2.45) is 0 Å². The summed E-state index contributed by atoms with van der Waals surface area (Å²) in [7, 11) is 0. The van der Waals surface area contributed by atoms with Gasteiger partial charge in [0.05, 0.1) is 18.6 Å². The highest BCUT2D eigenvalue weighted by Gasteiger charge is 1.97. The molecule has 2 rings (SSSR count). The van der Waals surface area contributed by atoms with Crippen LogP contribution in [0.3, 0.4) is 0 Å². The number of hydrogen-bond donors (Lipinski definition) is 1. The fourth-order valence-electron chi connectivity index (χ4n) is 1.41. The molecule has 15 heavy (non-hydrogen) atoms. The van der Waals surface area contributed by atoms with Crippen molar-refractivity contribution < 1.29 is 5.11 Å². The number of aryl methyl sites for hydroxylation is 2. The average Bonchev–Trinajstić information content (AvgIpc) is 2.76. The molecule has 0 bridgehead atoms. The number of hydrogen-bond acceptors (Lipinski definition) is 3. The van der Waals surface area contributed by atoms with Gasteiger partial charge in [-0.1, -0.05) is 6.07 Å². The summed E-state index contributed by atoms with van der Waals surface area (Å²) in [5, 5.41) is 8.85. The lowest BCUT2D eigenvalue weighted by Gasteiger charge is -2.01. The fourth-order valence-corrected chi connectivity index (χ4v) is 1.41. The maximum atomic E-state index is 8.85. The lowest BCUT2D eigenvalue weighted by molar-refractivity contribution is 0.277. The number of rotatable bonds is 4. The first-order chi connectivity index (χ1) is 7.38. The quantitative estimate of drug-likeness (QED) is 0.807. The van der Waals surface area contributed by atoms with E-state index >= 15 is 0 Å². The SMILES string of the molecule is OCc1cn(CCc2cccnc2)cn1. The summed E-state index contributed by atoms with van der Waals surface area (Å²) in [6, 6.07) is 3.99. The van der Waals surface area contributed by atoms with Gasteiger partial charge >= 0.3 is 0 Å². The molecule has 2 aromatic rings. The summed E-state index contributed by atoms with van der Waals surface area (Å²) in [4.78, 5) is 8.10. The molecule has 0 saturated carbocycles. The largest absolute Gasteiger partial charge is 0.390 e. The minimum Gasteiger partial charge on any atom is -0.390 e. The normalized spacial score (nSPS) is 10.5. The number of nitrogens with zero attached hydrogens (tertiary/aromatic N) is 3. The van der Waals surface area contributed by atoms with Crippen LogP contribution in [-0.4, -0.2) is 19.6 Å². The van der Waals surface area contributed by atoms with Crippen molar-refractivity contribution in [3.8, 4) is 0 Å². The van der Waals surface area contributed by atoms with Crippen LogP contribution in [0, 0.1) is 0 Å². The third-order valence-corrected chi connectivity index (χ3v) is 2.23. The van der Waals surface area contributed by atoms with E-state index in [0.29, 0.717) is 5.69 Å². The Morgan fingerprint density at radius 1 is 1.40 bits per heavy atom. The maximum Gasteiger partial charge on any atom is 0.0950 e. The second-order valence-corrected chi connectivity index (χ2v) is 3.37. The Morgan fingerprint density at radius 2 is 2.33 bits per heavy atom. The van der Waals surface area contributed by atoms with Gasteiger partial charge in [0.25, 0.3) is 0 Å². The Morgan fingerprint density at radius 3 is 3.00 bits per heavy atom. The summed E-state index contributed by atoms with van der Waals surface area (Å²) in [5.74, 6) is 0. The Labute approximate surface area is 88.2 Å². The van der Waals surface area contributed by atoms with Crippen molar-refractivity contribution >= 4 is 0 Å². The summed E-state index contributed by atoms with van der Waals surface area (Å²) < 4.78 is 1.97. The van der Waals surface area contributed by atoms with E-state index < -0.39 is 0 Å². The molecule has 78 valence electrons. The molecular weight excluding hydrogens is 190 g/mol. The number of aliphatic hydroxyl groups excluding tert-OH is 1. The van der Waals surface area contributed by atoms with Gasteiger partial charge in [-0.05, 0) is 18.1 Å². The zero-order valence-electron chi connectivity index (χ0n) is 8.37. The molecule has 1 N–H and O–H groups in total. The Bertz CT molecular complexity index is 411. The predicted molar refractivity (Wildman–Crippen MR) is 56.1 cm³/mol. The van der Waals surface area contributed by atoms with Crippen LogP contribution in [-0.2, 0) is 19.6 Å². The van der Waals surface area contributed by atoms with E-state index in [-0.39, 0.29) is 6.61 Å². The van der Waals surface area contributed by atoms with E-state index in [9.17, 15) is 0 Å². The lowest BCUT2D eigenvalue weighted by Crippen LogP contribution is -1.98. The highest BCUT2D eigenvalue weighted by atomic mass is 16.3. The van der Waals surface area contributed by atoms with Crippen molar-refractivity contribution in [3.05, 3.63) is 48.3 Å². The van der Waals surface area contributed by atoms with Crippen LogP contribution in [0.1, 0.15) is 11.3 Å². The van der Waals surface area contributed by atoms with Crippen LogP contribution in [0.25, 0.3) is 0 Å². The van der Waals surface area contributed by atoms with E-state index in [1.165, 1.54) is 5.56 Å². The van der Waals surface area contributed by atoms with E-state index in [4.69, 9.17) is 5.11 Å². The monoisotopic (exact) mass is 203 g/mol. The third kappa shape index (κ3) is 2.63. The average molecular weight is 203 g/mol. The zero-order valence-corrected chi connectivity index (χ0v) is 8.37. The molecule has 4 nitrogen and oxygen atoms in total. The lowest BCUT2D eigenvalue weighted by atomic mass is 10.2. The van der Waals surface area contributed by atoms with Crippen molar-refractivity contribution in [2.75, 3.05) is 0 Å². The summed E-state index contributed by atoms with van der Waals surface area (Å²) in [6.07, 6.45) is 8.15. The summed E-state index contributed by atoms with van der Waals surface area (Å²) in [6.45, 7) is 0.860. The smallest absolute Gasteiger partial charge is 0.0950 e. The molecule has 0 amide bonds. The van der Waals surface area contributed by atoms with Gasteiger partial charge in [-0.3, -0.25) is 4.98 Å². The molecule has 2 heterocycles. The van der Waals surface area contributed by atoms with Gasteiger partial charge in [-0.2, -0.15) is 0 Å². The van der Waals surface area contributed by atoms with Crippen LogP contribution in [0.5, 0.6) is 0 Å².